The molecule has 3 rings (SSSR count). The van der Waals surface area contributed by atoms with Crippen molar-refractivity contribution in [2.45, 2.75) is 17.6 Å². The normalized spacial score (nSPS) is 22.3. The van der Waals surface area contributed by atoms with Crippen molar-refractivity contribution in [1.82, 2.24) is 15.3 Å². The zero-order chi connectivity index (χ0) is 12.7. The third-order valence-corrected chi connectivity index (χ3v) is 3.77. The van der Waals surface area contributed by atoms with Gasteiger partial charge in [-0.3, -0.25) is 9.59 Å². The van der Waals surface area contributed by atoms with Gasteiger partial charge in [0.2, 0.25) is 5.91 Å². The summed E-state index contributed by atoms with van der Waals surface area (Å²) in [4.78, 5) is 34.2. The van der Waals surface area contributed by atoms with Crippen molar-refractivity contribution < 1.29 is 9.59 Å². The summed E-state index contributed by atoms with van der Waals surface area (Å²) in [5.41, 5.74) is 0.527. The number of thioether (sulfide) groups is 1. The van der Waals surface area contributed by atoms with Gasteiger partial charge in [0.15, 0.2) is 10.9 Å². The average molecular weight is 264 g/mol. The summed E-state index contributed by atoms with van der Waals surface area (Å²) < 4.78 is 0. The SMILES string of the molecule is CSc1ncc2c(n1)N1CCNC(=O)C1CC2=O. The van der Waals surface area contributed by atoms with Crippen LogP contribution in [0.15, 0.2) is 11.4 Å². The van der Waals surface area contributed by atoms with Crippen molar-refractivity contribution in [3.63, 3.8) is 0 Å². The van der Waals surface area contributed by atoms with Crippen LogP contribution in [0.5, 0.6) is 0 Å². The minimum atomic E-state index is -0.414. The summed E-state index contributed by atoms with van der Waals surface area (Å²) in [6, 6.07) is -0.414. The second kappa shape index (κ2) is 4.24. The fraction of sp³-hybridized carbons (Fsp3) is 0.455. The number of nitrogens with one attached hydrogen (secondary N) is 1. The Hall–Kier alpha value is -1.63. The highest BCUT2D eigenvalue weighted by Gasteiger charge is 2.39. The molecule has 0 saturated carbocycles. The van der Waals surface area contributed by atoms with E-state index in [9.17, 15) is 9.59 Å². The Balaban J connectivity index is 2.09. The van der Waals surface area contributed by atoms with E-state index in [4.69, 9.17) is 0 Å². The molecule has 0 radical (unpaired) electrons. The fourth-order valence-corrected chi connectivity index (χ4v) is 2.66. The van der Waals surface area contributed by atoms with Crippen LogP contribution in [0.2, 0.25) is 0 Å². The van der Waals surface area contributed by atoms with Crippen molar-refractivity contribution in [2.75, 3.05) is 24.2 Å². The number of carbonyl (C=O) groups is 2. The van der Waals surface area contributed by atoms with E-state index in [1.165, 1.54) is 11.8 Å². The van der Waals surface area contributed by atoms with Crippen LogP contribution in [0.4, 0.5) is 5.82 Å². The molecule has 3 heterocycles. The molecule has 18 heavy (non-hydrogen) atoms. The first kappa shape index (κ1) is 11.5. The number of hydrogen-bond donors (Lipinski definition) is 1. The topological polar surface area (TPSA) is 75.2 Å². The van der Waals surface area contributed by atoms with Crippen molar-refractivity contribution in [3.05, 3.63) is 11.8 Å². The predicted octanol–water partition coefficient (Wildman–Crippen LogP) is 0.0897. The lowest BCUT2D eigenvalue weighted by Gasteiger charge is -2.39. The molecular weight excluding hydrogens is 252 g/mol. The number of carbonyl (C=O) groups excluding carboxylic acids is 2. The van der Waals surface area contributed by atoms with Gasteiger partial charge in [0.25, 0.3) is 0 Å². The van der Waals surface area contributed by atoms with Crippen molar-refractivity contribution in [1.29, 1.82) is 0 Å². The number of hydrogen-bond acceptors (Lipinski definition) is 6. The highest BCUT2D eigenvalue weighted by atomic mass is 32.2. The largest absolute Gasteiger partial charge is 0.353 e. The zero-order valence-corrected chi connectivity index (χ0v) is 10.7. The molecule has 2 aliphatic heterocycles. The number of anilines is 1. The van der Waals surface area contributed by atoms with Gasteiger partial charge >= 0.3 is 0 Å². The summed E-state index contributed by atoms with van der Waals surface area (Å²) in [5, 5.41) is 3.40. The fourth-order valence-electron chi connectivity index (χ4n) is 2.33. The lowest BCUT2D eigenvalue weighted by Crippen LogP contribution is -2.58. The highest BCUT2D eigenvalue weighted by molar-refractivity contribution is 7.98. The molecule has 94 valence electrons. The van der Waals surface area contributed by atoms with E-state index >= 15 is 0 Å². The van der Waals surface area contributed by atoms with Gasteiger partial charge in [-0.25, -0.2) is 9.97 Å². The molecule has 1 fully saturated rings. The maximum absolute atomic E-state index is 12.0. The van der Waals surface area contributed by atoms with Crippen molar-refractivity contribution in [2.24, 2.45) is 0 Å². The second-order valence-corrected chi connectivity index (χ2v) is 4.99. The molecule has 0 spiro atoms. The van der Waals surface area contributed by atoms with Crippen molar-refractivity contribution >= 4 is 29.3 Å². The van der Waals surface area contributed by atoms with Crippen LogP contribution in [-0.4, -0.2) is 47.0 Å². The molecule has 1 unspecified atom stereocenters. The molecule has 0 aromatic carbocycles. The van der Waals surface area contributed by atoms with Crippen LogP contribution in [0.25, 0.3) is 0 Å². The van der Waals surface area contributed by atoms with E-state index in [0.717, 1.165) is 0 Å². The highest BCUT2D eigenvalue weighted by Crippen LogP contribution is 2.30. The smallest absolute Gasteiger partial charge is 0.243 e. The maximum Gasteiger partial charge on any atom is 0.243 e. The van der Waals surface area contributed by atoms with Gasteiger partial charge in [-0.15, -0.1) is 0 Å². The standard InChI is InChI=1S/C11H12N4O2S/c1-18-11-13-5-6-8(16)4-7-10(17)12-2-3-15(7)9(6)14-11/h5,7H,2-4H2,1H3,(H,12,17). The Morgan fingerprint density at radius 3 is 3.11 bits per heavy atom. The number of piperazine rings is 1. The van der Waals surface area contributed by atoms with Crippen LogP contribution in [-0.2, 0) is 4.79 Å². The monoisotopic (exact) mass is 264 g/mol. The molecule has 2 aliphatic rings. The Morgan fingerprint density at radius 2 is 2.33 bits per heavy atom. The quantitative estimate of drug-likeness (QED) is 0.572. The molecule has 0 aliphatic carbocycles. The van der Waals surface area contributed by atoms with Gasteiger partial charge in [0.1, 0.15) is 11.9 Å². The molecule has 1 aromatic rings. The molecule has 1 saturated heterocycles. The van der Waals surface area contributed by atoms with E-state index in [1.807, 2.05) is 11.2 Å². The summed E-state index contributed by atoms with van der Waals surface area (Å²) in [6.45, 7) is 1.27. The number of Topliss-reactive ketones (excluding diaryl/α,β-unsaturated/α-hetero) is 1. The molecule has 1 atom stereocenters. The lowest BCUT2D eigenvalue weighted by atomic mass is 9.96. The van der Waals surface area contributed by atoms with Crippen LogP contribution < -0.4 is 10.2 Å². The number of rotatable bonds is 1. The van der Waals surface area contributed by atoms with Gasteiger partial charge in [-0.05, 0) is 6.26 Å². The maximum atomic E-state index is 12.0. The van der Waals surface area contributed by atoms with Crippen LogP contribution in [0.3, 0.4) is 0 Å². The molecular formula is C11H12N4O2S. The Kier molecular flexibility index (Phi) is 2.70. The van der Waals surface area contributed by atoms with E-state index < -0.39 is 6.04 Å². The van der Waals surface area contributed by atoms with Crippen LogP contribution >= 0.6 is 11.8 Å². The lowest BCUT2D eigenvalue weighted by molar-refractivity contribution is -0.123. The van der Waals surface area contributed by atoms with Gasteiger partial charge < -0.3 is 10.2 Å². The predicted molar refractivity (Wildman–Crippen MR) is 66.9 cm³/mol. The first-order chi connectivity index (χ1) is 8.70. The van der Waals surface area contributed by atoms with Crippen LogP contribution in [0.1, 0.15) is 16.8 Å². The number of aromatic nitrogens is 2. The van der Waals surface area contributed by atoms with Gasteiger partial charge in [-0.1, -0.05) is 11.8 Å². The second-order valence-electron chi connectivity index (χ2n) is 4.22. The summed E-state index contributed by atoms with van der Waals surface area (Å²) >= 11 is 1.42. The molecule has 1 amide bonds. The average Bonchev–Trinajstić information content (AvgIpc) is 2.40. The number of nitrogens with zero attached hydrogens (tertiary/aromatic N) is 3. The third kappa shape index (κ3) is 1.66. The molecule has 6 nitrogen and oxygen atoms in total. The van der Waals surface area contributed by atoms with Crippen LogP contribution in [0, 0.1) is 0 Å². The first-order valence-electron chi connectivity index (χ1n) is 5.69. The Morgan fingerprint density at radius 1 is 1.50 bits per heavy atom. The van der Waals surface area contributed by atoms with E-state index in [-0.39, 0.29) is 18.1 Å². The number of ketones is 1. The summed E-state index contributed by atoms with van der Waals surface area (Å²) in [5.74, 6) is 0.450. The van der Waals surface area contributed by atoms with E-state index in [2.05, 4.69) is 15.3 Å². The summed E-state index contributed by atoms with van der Waals surface area (Å²) in [7, 11) is 0. The van der Waals surface area contributed by atoms with Gasteiger partial charge in [-0.2, -0.15) is 0 Å². The van der Waals surface area contributed by atoms with E-state index in [1.54, 1.807) is 6.20 Å². The third-order valence-electron chi connectivity index (χ3n) is 3.21. The van der Waals surface area contributed by atoms with E-state index in [0.29, 0.717) is 29.6 Å². The minimum Gasteiger partial charge on any atom is -0.353 e. The molecule has 7 heteroatoms. The first-order valence-corrected chi connectivity index (χ1v) is 6.92. The summed E-state index contributed by atoms with van der Waals surface area (Å²) in [6.07, 6.45) is 3.66. The Bertz CT molecular complexity index is 534. The number of fused-ring (bicyclic) bond motifs is 3. The molecule has 1 aromatic heterocycles. The number of amides is 1. The van der Waals surface area contributed by atoms with Gasteiger partial charge in [0, 0.05) is 25.7 Å². The van der Waals surface area contributed by atoms with Gasteiger partial charge in [0.05, 0.1) is 5.56 Å². The molecule has 1 N–H and O–H groups in total. The zero-order valence-electron chi connectivity index (χ0n) is 9.84. The Labute approximate surface area is 108 Å². The minimum absolute atomic E-state index is 0.0593. The van der Waals surface area contributed by atoms with Crippen molar-refractivity contribution in [3.8, 4) is 0 Å². The molecule has 0 bridgehead atoms.